The van der Waals surface area contributed by atoms with E-state index in [1.807, 2.05) is 0 Å². The van der Waals surface area contributed by atoms with Gasteiger partial charge in [-0.2, -0.15) is 5.10 Å². The summed E-state index contributed by atoms with van der Waals surface area (Å²) in [5.41, 5.74) is 0.392. The smallest absolute Gasteiger partial charge is 0.282 e. The average Bonchev–Trinajstić information content (AvgIpc) is 3.08. The molecule has 0 spiro atoms. The lowest BCUT2D eigenvalue weighted by atomic mass is 10.2. The number of nitrogens with zero attached hydrogens (tertiary/aromatic N) is 4. The summed E-state index contributed by atoms with van der Waals surface area (Å²) in [4.78, 5) is 24.8. The zero-order valence-electron chi connectivity index (χ0n) is 14.2. The molecule has 0 aliphatic rings. The Morgan fingerprint density at radius 2 is 2.19 bits per heavy atom. The third-order valence-corrected chi connectivity index (χ3v) is 5.64. The van der Waals surface area contributed by atoms with Crippen LogP contribution in [0.15, 0.2) is 52.1 Å². The number of carbonyl (C=O) groups excluding carboxylic acids is 1. The minimum Gasteiger partial charge on any atom is -0.295 e. The second-order valence-electron chi connectivity index (χ2n) is 5.29. The number of hydrogen-bond donors (Lipinski definition) is 1. The van der Waals surface area contributed by atoms with Crippen molar-refractivity contribution in [1.29, 1.82) is 0 Å². The monoisotopic (exact) mass is 419 g/mol. The van der Waals surface area contributed by atoms with Gasteiger partial charge in [-0.1, -0.05) is 52.9 Å². The Morgan fingerprint density at radius 1 is 1.41 bits per heavy atom. The summed E-state index contributed by atoms with van der Waals surface area (Å²) in [6.45, 7) is 5.35. The molecular weight excluding hydrogens is 406 g/mol. The van der Waals surface area contributed by atoms with Crippen LogP contribution in [0.3, 0.4) is 0 Å². The van der Waals surface area contributed by atoms with Crippen molar-refractivity contribution >= 4 is 45.7 Å². The van der Waals surface area contributed by atoms with Crippen molar-refractivity contribution in [1.82, 2.24) is 20.0 Å². The Balaban J connectivity index is 1.90. The Labute approximate surface area is 168 Å². The maximum Gasteiger partial charge on any atom is 0.282 e. The molecule has 7 nitrogen and oxygen atoms in total. The summed E-state index contributed by atoms with van der Waals surface area (Å²) in [6, 6.07) is 8.39. The van der Waals surface area contributed by atoms with Gasteiger partial charge in [0.2, 0.25) is 10.6 Å². The first kappa shape index (κ1) is 19.3. The molecule has 0 saturated carbocycles. The highest BCUT2D eigenvalue weighted by molar-refractivity contribution is 8.01. The molecule has 0 bridgehead atoms. The van der Waals surface area contributed by atoms with Crippen LogP contribution in [0.5, 0.6) is 0 Å². The molecule has 2 heterocycles. The van der Waals surface area contributed by atoms with Crippen molar-refractivity contribution < 1.29 is 4.79 Å². The zero-order chi connectivity index (χ0) is 19.4. The topological polar surface area (TPSA) is 89.8 Å². The lowest BCUT2D eigenvalue weighted by molar-refractivity contribution is 0.101. The van der Waals surface area contributed by atoms with Gasteiger partial charge in [0.25, 0.3) is 5.91 Å². The second kappa shape index (κ2) is 8.47. The molecule has 0 atom stereocenters. The first-order valence-corrected chi connectivity index (χ1v) is 9.92. The van der Waals surface area contributed by atoms with Gasteiger partial charge in [-0.25, -0.2) is 4.68 Å². The molecule has 2 aromatic heterocycles. The number of carbonyl (C=O) groups is 1. The number of para-hydroxylation sites is 1. The normalized spacial score (nSPS) is 10.6. The molecule has 3 rings (SSSR count). The van der Waals surface area contributed by atoms with Crippen LogP contribution in [0.2, 0.25) is 5.02 Å². The minimum atomic E-state index is -0.655. The largest absolute Gasteiger partial charge is 0.295 e. The summed E-state index contributed by atoms with van der Waals surface area (Å²) in [6.07, 6.45) is 1.75. The van der Waals surface area contributed by atoms with Crippen LogP contribution in [-0.2, 0) is 0 Å². The molecule has 0 aliphatic carbocycles. The van der Waals surface area contributed by atoms with E-state index >= 15 is 0 Å². The number of halogens is 1. The number of rotatable bonds is 6. The van der Waals surface area contributed by atoms with E-state index in [-0.39, 0.29) is 10.8 Å². The van der Waals surface area contributed by atoms with Gasteiger partial charge in [-0.05, 0) is 19.1 Å². The van der Waals surface area contributed by atoms with Crippen molar-refractivity contribution in [2.24, 2.45) is 0 Å². The zero-order valence-corrected chi connectivity index (χ0v) is 16.6. The van der Waals surface area contributed by atoms with Crippen molar-refractivity contribution in [2.75, 3.05) is 11.1 Å². The van der Waals surface area contributed by atoms with Crippen LogP contribution >= 0.6 is 34.7 Å². The van der Waals surface area contributed by atoms with Crippen molar-refractivity contribution in [3.63, 3.8) is 0 Å². The maximum absolute atomic E-state index is 12.5. The van der Waals surface area contributed by atoms with Gasteiger partial charge >= 0.3 is 0 Å². The van der Waals surface area contributed by atoms with E-state index in [1.165, 1.54) is 33.8 Å². The van der Waals surface area contributed by atoms with Gasteiger partial charge < -0.3 is 0 Å². The molecule has 1 amide bonds. The lowest BCUT2D eigenvalue weighted by Crippen LogP contribution is -2.27. The van der Waals surface area contributed by atoms with Crippen LogP contribution in [-0.4, -0.2) is 31.6 Å². The van der Waals surface area contributed by atoms with Gasteiger partial charge in [-0.3, -0.25) is 14.9 Å². The highest BCUT2D eigenvalue weighted by Gasteiger charge is 2.18. The molecule has 138 valence electrons. The van der Waals surface area contributed by atoms with E-state index in [1.54, 1.807) is 37.3 Å². The number of anilines is 1. The predicted octanol–water partition coefficient (Wildman–Crippen LogP) is 3.58. The molecule has 1 N–H and O–H groups in total. The first-order valence-electron chi connectivity index (χ1n) is 7.74. The molecular formula is C17H14ClN5O2S2. The van der Waals surface area contributed by atoms with Gasteiger partial charge in [0, 0.05) is 17.5 Å². The third kappa shape index (κ3) is 4.44. The molecule has 0 radical (unpaired) electrons. The summed E-state index contributed by atoms with van der Waals surface area (Å²) >= 11 is 8.87. The van der Waals surface area contributed by atoms with Crippen molar-refractivity contribution in [3.8, 4) is 5.69 Å². The van der Waals surface area contributed by atoms with E-state index in [0.717, 1.165) is 0 Å². The summed E-state index contributed by atoms with van der Waals surface area (Å²) < 4.78 is 2.15. The SMILES string of the molecule is C=CCSc1nnc(NC(=O)c2nn(-c3ccccc3Cl)c(C)cc2=O)s1. The van der Waals surface area contributed by atoms with Crippen molar-refractivity contribution in [3.05, 3.63) is 69.6 Å². The molecule has 0 aliphatic heterocycles. The maximum atomic E-state index is 12.5. The molecule has 0 fully saturated rings. The molecule has 0 unspecified atom stereocenters. The van der Waals surface area contributed by atoms with Crippen molar-refractivity contribution in [2.45, 2.75) is 11.3 Å². The Morgan fingerprint density at radius 3 is 2.93 bits per heavy atom. The fourth-order valence-corrected chi connectivity index (χ4v) is 3.90. The van der Waals surface area contributed by atoms with E-state index in [4.69, 9.17) is 11.6 Å². The van der Waals surface area contributed by atoms with E-state index in [2.05, 4.69) is 27.2 Å². The third-order valence-electron chi connectivity index (χ3n) is 3.35. The first-order chi connectivity index (χ1) is 13.0. The molecule has 10 heteroatoms. The van der Waals surface area contributed by atoms with Crippen LogP contribution in [0.1, 0.15) is 16.2 Å². The van der Waals surface area contributed by atoms with Crippen LogP contribution < -0.4 is 10.7 Å². The van der Waals surface area contributed by atoms with E-state index in [0.29, 0.717) is 26.5 Å². The Hall–Kier alpha value is -2.49. The second-order valence-corrected chi connectivity index (χ2v) is 7.94. The Bertz CT molecular complexity index is 1060. The van der Waals surface area contributed by atoms with Gasteiger partial charge in [0.15, 0.2) is 10.0 Å². The number of benzene rings is 1. The number of thioether (sulfide) groups is 1. The van der Waals surface area contributed by atoms with Crippen LogP contribution in [0.4, 0.5) is 5.13 Å². The molecule has 27 heavy (non-hydrogen) atoms. The number of nitrogens with one attached hydrogen (secondary N) is 1. The molecule has 3 aromatic rings. The quantitative estimate of drug-likeness (QED) is 0.373. The fourth-order valence-electron chi connectivity index (χ4n) is 2.18. The van der Waals surface area contributed by atoms with E-state index in [9.17, 15) is 9.59 Å². The number of amides is 1. The lowest BCUT2D eigenvalue weighted by Gasteiger charge is -2.12. The molecule has 1 aromatic carbocycles. The number of aryl methyl sites for hydroxylation is 1. The van der Waals surface area contributed by atoms with Crippen LogP contribution in [0, 0.1) is 6.92 Å². The summed E-state index contributed by atoms with van der Waals surface area (Å²) in [7, 11) is 0. The fraction of sp³-hybridized carbons (Fsp3) is 0.118. The molecule has 0 saturated heterocycles. The van der Waals surface area contributed by atoms with E-state index < -0.39 is 11.3 Å². The summed E-state index contributed by atoms with van der Waals surface area (Å²) in [5, 5.41) is 15.4. The highest BCUT2D eigenvalue weighted by atomic mass is 35.5. The number of aromatic nitrogens is 4. The van der Waals surface area contributed by atoms with Gasteiger partial charge in [0.05, 0.1) is 10.7 Å². The van der Waals surface area contributed by atoms with Crippen LogP contribution in [0.25, 0.3) is 5.69 Å². The predicted molar refractivity (Wildman–Crippen MR) is 108 cm³/mol. The standard InChI is InChI=1S/C17H14ClN5O2S2/c1-3-8-26-17-21-20-16(27-17)19-15(25)14-13(24)9-10(2)23(22-14)12-7-5-4-6-11(12)18/h3-7,9H,1,8H2,2H3,(H,19,20,25). The Kier molecular flexibility index (Phi) is 6.04. The van der Waals surface area contributed by atoms with Gasteiger partial charge in [-0.15, -0.1) is 16.8 Å². The minimum absolute atomic E-state index is 0.254. The average molecular weight is 420 g/mol. The highest BCUT2D eigenvalue weighted by Crippen LogP contribution is 2.25. The van der Waals surface area contributed by atoms with Gasteiger partial charge in [0.1, 0.15) is 0 Å². The number of hydrogen-bond acceptors (Lipinski definition) is 7. The summed E-state index contributed by atoms with van der Waals surface area (Å²) in [5.74, 6) is 0.0298.